The SMILES string of the molecule is CC(=O)N[C@@H](C=O)[C@@H](O)[C@@](N)(O)[C@@H](C)O. The Morgan fingerprint density at radius 1 is 1.53 bits per heavy atom. The van der Waals surface area contributed by atoms with Crippen LogP contribution in [0.3, 0.4) is 0 Å². The lowest BCUT2D eigenvalue weighted by Crippen LogP contribution is -2.65. The van der Waals surface area contributed by atoms with Gasteiger partial charge in [-0.1, -0.05) is 0 Å². The molecule has 0 fully saturated rings. The number of aliphatic hydroxyl groups is 3. The molecule has 0 aromatic heterocycles. The van der Waals surface area contributed by atoms with Gasteiger partial charge in [0.15, 0.2) is 5.72 Å². The van der Waals surface area contributed by atoms with Crippen molar-refractivity contribution in [2.75, 3.05) is 0 Å². The fourth-order valence-corrected chi connectivity index (χ4v) is 0.957. The summed E-state index contributed by atoms with van der Waals surface area (Å²) in [6, 6.07) is -1.37. The Morgan fingerprint density at radius 3 is 2.27 bits per heavy atom. The normalized spacial score (nSPS) is 20.9. The van der Waals surface area contributed by atoms with Gasteiger partial charge in [-0.15, -0.1) is 0 Å². The molecule has 1 amide bonds. The van der Waals surface area contributed by atoms with Gasteiger partial charge in [-0.2, -0.15) is 0 Å². The number of nitrogens with one attached hydrogen (secondary N) is 1. The maximum absolute atomic E-state index is 10.6. The van der Waals surface area contributed by atoms with Crippen molar-refractivity contribution in [3.8, 4) is 0 Å². The molecule has 0 aliphatic carbocycles. The number of rotatable bonds is 5. The molecule has 0 saturated carbocycles. The van der Waals surface area contributed by atoms with Crippen LogP contribution in [0.1, 0.15) is 13.8 Å². The fourth-order valence-electron chi connectivity index (χ4n) is 0.957. The highest BCUT2D eigenvalue weighted by atomic mass is 16.4. The molecule has 0 spiro atoms. The predicted molar refractivity (Wildman–Crippen MR) is 50.5 cm³/mol. The van der Waals surface area contributed by atoms with E-state index in [0.717, 1.165) is 13.8 Å². The molecule has 0 aromatic rings. The summed E-state index contributed by atoms with van der Waals surface area (Å²) in [7, 11) is 0. The molecule has 0 rings (SSSR count). The van der Waals surface area contributed by atoms with E-state index in [9.17, 15) is 19.8 Å². The van der Waals surface area contributed by atoms with Crippen molar-refractivity contribution >= 4 is 12.2 Å². The first-order chi connectivity index (χ1) is 6.73. The molecule has 15 heavy (non-hydrogen) atoms. The minimum absolute atomic E-state index is 0.228. The van der Waals surface area contributed by atoms with E-state index in [4.69, 9.17) is 10.8 Å². The number of aldehydes is 1. The van der Waals surface area contributed by atoms with E-state index in [1.165, 1.54) is 0 Å². The average molecular weight is 220 g/mol. The fraction of sp³-hybridized carbons (Fsp3) is 0.750. The minimum atomic E-state index is -2.37. The van der Waals surface area contributed by atoms with Crippen LogP contribution in [-0.4, -0.2) is 51.5 Å². The second-order valence-electron chi connectivity index (χ2n) is 3.37. The zero-order valence-electron chi connectivity index (χ0n) is 8.54. The van der Waals surface area contributed by atoms with Gasteiger partial charge in [0.05, 0.1) is 6.10 Å². The Bertz CT molecular complexity index is 241. The van der Waals surface area contributed by atoms with Gasteiger partial charge in [0, 0.05) is 6.92 Å². The van der Waals surface area contributed by atoms with Gasteiger partial charge in [-0.3, -0.25) is 10.5 Å². The van der Waals surface area contributed by atoms with Crippen LogP contribution in [0.15, 0.2) is 0 Å². The largest absolute Gasteiger partial charge is 0.389 e. The number of hydrogen-bond donors (Lipinski definition) is 5. The molecule has 6 N–H and O–H groups in total. The molecule has 0 aromatic carbocycles. The summed E-state index contributed by atoms with van der Waals surface area (Å²) in [5.41, 5.74) is 2.83. The van der Waals surface area contributed by atoms with Crippen LogP contribution in [0.25, 0.3) is 0 Å². The third-order valence-corrected chi connectivity index (χ3v) is 2.00. The van der Waals surface area contributed by atoms with Crippen LogP contribution in [0.4, 0.5) is 0 Å². The van der Waals surface area contributed by atoms with Crippen LogP contribution in [0, 0.1) is 0 Å². The van der Waals surface area contributed by atoms with Gasteiger partial charge in [0.1, 0.15) is 18.4 Å². The van der Waals surface area contributed by atoms with E-state index in [1.54, 1.807) is 0 Å². The summed E-state index contributed by atoms with van der Waals surface area (Å²) >= 11 is 0. The summed E-state index contributed by atoms with van der Waals surface area (Å²) in [5, 5.41) is 30.1. The Hall–Kier alpha value is -1.02. The second-order valence-corrected chi connectivity index (χ2v) is 3.37. The summed E-state index contributed by atoms with van der Waals surface area (Å²) in [6.45, 7) is 2.29. The lowest BCUT2D eigenvalue weighted by Gasteiger charge is -2.34. The first-order valence-corrected chi connectivity index (χ1v) is 4.33. The molecule has 7 heteroatoms. The molecule has 7 nitrogen and oxygen atoms in total. The number of aliphatic hydroxyl groups excluding tert-OH is 2. The van der Waals surface area contributed by atoms with Crippen molar-refractivity contribution in [3.05, 3.63) is 0 Å². The molecule has 0 saturated heterocycles. The lowest BCUT2D eigenvalue weighted by molar-refractivity contribution is -0.153. The molecule has 4 atom stereocenters. The van der Waals surface area contributed by atoms with Crippen LogP contribution in [-0.2, 0) is 9.59 Å². The maximum atomic E-state index is 10.6. The number of carbonyl (C=O) groups is 2. The number of carbonyl (C=O) groups excluding carboxylic acids is 2. The zero-order valence-corrected chi connectivity index (χ0v) is 8.54. The van der Waals surface area contributed by atoms with Crippen LogP contribution >= 0.6 is 0 Å². The highest BCUT2D eigenvalue weighted by Crippen LogP contribution is 2.11. The van der Waals surface area contributed by atoms with Crippen molar-refractivity contribution in [1.29, 1.82) is 0 Å². The molecular formula is C8H16N2O5. The van der Waals surface area contributed by atoms with Crippen molar-refractivity contribution < 1.29 is 24.9 Å². The van der Waals surface area contributed by atoms with Gasteiger partial charge < -0.3 is 25.4 Å². The van der Waals surface area contributed by atoms with Gasteiger partial charge >= 0.3 is 0 Å². The Morgan fingerprint density at radius 2 is 2.00 bits per heavy atom. The van der Waals surface area contributed by atoms with Gasteiger partial charge in [0.2, 0.25) is 5.91 Å². The van der Waals surface area contributed by atoms with E-state index in [2.05, 4.69) is 5.32 Å². The Balaban J connectivity index is 4.71. The monoisotopic (exact) mass is 220 g/mol. The summed E-state index contributed by atoms with van der Waals surface area (Å²) < 4.78 is 0. The molecule has 0 unspecified atom stereocenters. The highest BCUT2D eigenvalue weighted by molar-refractivity contribution is 5.77. The van der Waals surface area contributed by atoms with Crippen LogP contribution in [0.2, 0.25) is 0 Å². The quantitative estimate of drug-likeness (QED) is 0.249. The highest BCUT2D eigenvalue weighted by Gasteiger charge is 2.41. The van der Waals surface area contributed by atoms with Crippen molar-refractivity contribution in [3.63, 3.8) is 0 Å². The van der Waals surface area contributed by atoms with Gasteiger partial charge in [0.25, 0.3) is 0 Å². The average Bonchev–Trinajstić information content (AvgIpc) is 2.12. The summed E-state index contributed by atoms with van der Waals surface area (Å²) in [6.07, 6.45) is -3.02. The molecule has 88 valence electrons. The standard InChI is InChI=1S/C8H16N2O5/c1-4(12)8(9,15)7(14)6(3-11)10-5(2)13/h3-4,6-7,12,14-15H,9H2,1-2H3,(H,10,13)/t4-,6+,7-,8+/m1/s1. The zero-order chi connectivity index (χ0) is 12.2. The first-order valence-electron chi connectivity index (χ1n) is 4.33. The molecule has 0 heterocycles. The van der Waals surface area contributed by atoms with Crippen molar-refractivity contribution in [1.82, 2.24) is 5.32 Å². The van der Waals surface area contributed by atoms with Crippen LogP contribution < -0.4 is 11.1 Å². The molecule has 0 aliphatic heterocycles. The third kappa shape index (κ3) is 3.56. The van der Waals surface area contributed by atoms with Crippen molar-refractivity contribution in [2.24, 2.45) is 5.73 Å². The second kappa shape index (κ2) is 5.17. The van der Waals surface area contributed by atoms with Gasteiger partial charge in [-0.25, -0.2) is 0 Å². The van der Waals surface area contributed by atoms with Crippen LogP contribution in [0.5, 0.6) is 0 Å². The Labute approximate surface area is 86.9 Å². The molecular weight excluding hydrogens is 204 g/mol. The number of hydrogen-bond acceptors (Lipinski definition) is 6. The first kappa shape index (κ1) is 14.0. The summed E-state index contributed by atoms with van der Waals surface area (Å²) in [5.74, 6) is -0.562. The maximum Gasteiger partial charge on any atom is 0.217 e. The van der Waals surface area contributed by atoms with E-state index < -0.39 is 29.9 Å². The van der Waals surface area contributed by atoms with E-state index >= 15 is 0 Å². The lowest BCUT2D eigenvalue weighted by atomic mass is 9.96. The van der Waals surface area contributed by atoms with Crippen molar-refractivity contribution in [2.45, 2.75) is 37.8 Å². The topological polar surface area (TPSA) is 133 Å². The third-order valence-electron chi connectivity index (χ3n) is 2.00. The number of nitrogens with two attached hydrogens (primary N) is 1. The predicted octanol–water partition coefficient (Wildman–Crippen LogP) is -2.92. The smallest absolute Gasteiger partial charge is 0.217 e. The van der Waals surface area contributed by atoms with E-state index in [-0.39, 0.29) is 6.29 Å². The molecule has 0 aliphatic rings. The summed E-state index contributed by atoms with van der Waals surface area (Å²) in [4.78, 5) is 21.2. The minimum Gasteiger partial charge on any atom is -0.389 e. The Kier molecular flexibility index (Phi) is 4.82. The molecule has 0 radical (unpaired) electrons. The molecule has 0 bridgehead atoms. The number of amides is 1. The van der Waals surface area contributed by atoms with Gasteiger partial charge in [-0.05, 0) is 6.92 Å². The van der Waals surface area contributed by atoms with E-state index in [1.807, 2.05) is 0 Å². The van der Waals surface area contributed by atoms with E-state index in [0.29, 0.717) is 0 Å².